The highest BCUT2D eigenvalue weighted by Gasteiger charge is 2.49. The number of ketones is 1. The summed E-state index contributed by atoms with van der Waals surface area (Å²) >= 11 is 6.30. The van der Waals surface area contributed by atoms with Gasteiger partial charge in [-0.3, -0.25) is 14.5 Å². The number of halogens is 1. The van der Waals surface area contributed by atoms with Crippen LogP contribution in [0.5, 0.6) is 17.2 Å². The van der Waals surface area contributed by atoms with Gasteiger partial charge in [0.05, 0.1) is 29.5 Å². The predicted octanol–water partition coefficient (Wildman–Crippen LogP) is 4.61. The van der Waals surface area contributed by atoms with Crippen LogP contribution in [0, 0.1) is 6.92 Å². The van der Waals surface area contributed by atoms with Crippen molar-refractivity contribution in [3.05, 3.63) is 76.2 Å². The highest BCUT2D eigenvalue weighted by atomic mass is 35.5. The first kappa shape index (κ1) is 21.0. The summed E-state index contributed by atoms with van der Waals surface area (Å²) in [5.41, 5.74) is 1.17. The Kier molecular flexibility index (Phi) is 5.02. The maximum absolute atomic E-state index is 13.2. The molecule has 3 aromatic rings. The molecule has 1 aromatic heterocycles. The molecule has 3 heterocycles. The maximum Gasteiger partial charge on any atom is 0.300 e. The molecule has 5 rings (SSSR count). The minimum absolute atomic E-state index is 0.0626. The Morgan fingerprint density at radius 3 is 2.67 bits per heavy atom. The number of furan rings is 1. The van der Waals surface area contributed by atoms with Gasteiger partial charge in [-0.25, -0.2) is 0 Å². The molecule has 1 amide bonds. The van der Waals surface area contributed by atoms with Gasteiger partial charge in [-0.05, 0) is 48.9 Å². The van der Waals surface area contributed by atoms with Crippen LogP contribution in [0.15, 0.2) is 58.7 Å². The van der Waals surface area contributed by atoms with E-state index in [1.54, 1.807) is 49.4 Å². The zero-order valence-corrected chi connectivity index (χ0v) is 18.4. The van der Waals surface area contributed by atoms with E-state index in [0.29, 0.717) is 22.9 Å². The van der Waals surface area contributed by atoms with E-state index in [1.165, 1.54) is 18.3 Å². The Labute approximate surface area is 193 Å². The molecular weight excluding hydrogens is 450 g/mol. The highest BCUT2D eigenvalue weighted by molar-refractivity contribution is 6.51. The quantitative estimate of drug-likeness (QED) is 0.340. The van der Waals surface area contributed by atoms with Crippen molar-refractivity contribution in [3.63, 3.8) is 0 Å². The second-order valence-corrected chi connectivity index (χ2v) is 7.96. The summed E-state index contributed by atoms with van der Waals surface area (Å²) in [4.78, 5) is 27.7. The van der Waals surface area contributed by atoms with E-state index in [9.17, 15) is 14.7 Å². The topological polar surface area (TPSA) is 98.4 Å². The number of amides is 1. The van der Waals surface area contributed by atoms with Gasteiger partial charge in [0, 0.05) is 11.8 Å². The van der Waals surface area contributed by atoms with Crippen LogP contribution >= 0.6 is 11.6 Å². The molecular formula is C24H18ClNO7. The zero-order valence-electron chi connectivity index (χ0n) is 17.6. The lowest BCUT2D eigenvalue weighted by Gasteiger charge is -2.23. The number of fused-ring (bicyclic) bond motifs is 1. The van der Waals surface area contributed by atoms with Crippen LogP contribution < -0.4 is 19.1 Å². The molecule has 1 saturated heterocycles. The Balaban J connectivity index is 1.73. The third-order valence-electron chi connectivity index (χ3n) is 5.54. The molecule has 2 aliphatic rings. The molecule has 0 spiro atoms. The third kappa shape index (κ3) is 3.30. The first-order valence-corrected chi connectivity index (χ1v) is 10.4. The number of aryl methyl sites for hydroxylation is 1. The van der Waals surface area contributed by atoms with Crippen molar-refractivity contribution >= 4 is 34.7 Å². The van der Waals surface area contributed by atoms with E-state index >= 15 is 0 Å². The fraction of sp³-hybridized carbons (Fsp3) is 0.167. The number of aliphatic hydroxyl groups is 1. The lowest BCUT2D eigenvalue weighted by molar-refractivity contribution is -0.132. The smallest absolute Gasteiger partial charge is 0.300 e. The summed E-state index contributed by atoms with van der Waals surface area (Å²) < 4.78 is 21.7. The van der Waals surface area contributed by atoms with Crippen LogP contribution in [-0.2, 0) is 9.59 Å². The number of aliphatic hydroxyl groups excluding tert-OH is 1. The van der Waals surface area contributed by atoms with Crippen molar-refractivity contribution in [1.29, 1.82) is 0 Å². The molecule has 168 valence electrons. The van der Waals surface area contributed by atoms with Crippen LogP contribution in [-0.4, -0.2) is 30.7 Å². The Morgan fingerprint density at radius 1 is 1.15 bits per heavy atom. The molecule has 0 radical (unpaired) electrons. The average Bonchev–Trinajstić information content (AvgIpc) is 3.53. The first-order chi connectivity index (χ1) is 15.9. The van der Waals surface area contributed by atoms with Gasteiger partial charge < -0.3 is 23.7 Å². The molecule has 1 unspecified atom stereocenters. The van der Waals surface area contributed by atoms with Crippen molar-refractivity contribution in [1.82, 2.24) is 0 Å². The number of hydrogen-bond donors (Lipinski definition) is 1. The van der Waals surface area contributed by atoms with Crippen molar-refractivity contribution in [2.75, 3.05) is 18.8 Å². The van der Waals surface area contributed by atoms with Crippen LogP contribution in [0.4, 0.5) is 5.69 Å². The van der Waals surface area contributed by atoms with Gasteiger partial charge in [-0.1, -0.05) is 11.6 Å². The van der Waals surface area contributed by atoms with E-state index in [4.69, 9.17) is 30.2 Å². The molecule has 0 saturated carbocycles. The number of ether oxygens (including phenoxy) is 3. The van der Waals surface area contributed by atoms with Gasteiger partial charge in [0.25, 0.3) is 11.7 Å². The van der Waals surface area contributed by atoms with Crippen molar-refractivity contribution in [2.45, 2.75) is 13.0 Å². The summed E-state index contributed by atoms with van der Waals surface area (Å²) in [6, 6.07) is 10.4. The number of carbonyl (C=O) groups excluding carboxylic acids is 2. The number of carbonyl (C=O) groups is 2. The normalized spacial score (nSPS) is 18.8. The van der Waals surface area contributed by atoms with Gasteiger partial charge in [0.1, 0.15) is 23.3 Å². The van der Waals surface area contributed by atoms with Gasteiger partial charge >= 0.3 is 0 Å². The highest BCUT2D eigenvalue weighted by Crippen LogP contribution is 2.46. The summed E-state index contributed by atoms with van der Waals surface area (Å²) in [5, 5.41) is 11.6. The fourth-order valence-electron chi connectivity index (χ4n) is 4.11. The third-order valence-corrected chi connectivity index (χ3v) is 5.82. The summed E-state index contributed by atoms with van der Waals surface area (Å²) in [6.45, 7) is 1.85. The molecule has 2 aliphatic heterocycles. The number of nitrogens with zero attached hydrogens (tertiary/aromatic N) is 1. The summed E-state index contributed by atoms with van der Waals surface area (Å²) in [5.74, 6) is -0.650. The fourth-order valence-corrected chi connectivity index (χ4v) is 4.46. The molecule has 8 nitrogen and oxygen atoms in total. The first-order valence-electron chi connectivity index (χ1n) is 9.99. The summed E-state index contributed by atoms with van der Waals surface area (Å²) in [6.07, 6.45) is 1.43. The molecule has 1 N–H and O–H groups in total. The lowest BCUT2D eigenvalue weighted by atomic mass is 9.97. The molecule has 0 bridgehead atoms. The standard InChI is InChI=1S/C24H18ClNO7/c1-12-8-14(23(30-2)15(25)9-12)21(27)19-20(17-4-3-7-31-17)26(24(29)22(19)28)13-5-6-16-18(10-13)33-11-32-16/h3-10,20,27H,11H2,1-2H3/b21-19-. The van der Waals surface area contributed by atoms with Gasteiger partial charge in [-0.2, -0.15) is 0 Å². The molecule has 1 fully saturated rings. The number of benzene rings is 2. The number of hydrogen-bond acceptors (Lipinski definition) is 7. The molecule has 9 heteroatoms. The Bertz CT molecular complexity index is 1310. The van der Waals surface area contributed by atoms with Crippen LogP contribution in [0.25, 0.3) is 5.76 Å². The van der Waals surface area contributed by atoms with E-state index in [1.807, 2.05) is 0 Å². The van der Waals surface area contributed by atoms with Crippen LogP contribution in [0.1, 0.15) is 22.9 Å². The number of Topliss-reactive ketones (excluding diaryl/α,β-unsaturated/α-hetero) is 1. The van der Waals surface area contributed by atoms with Crippen molar-refractivity contribution in [2.24, 2.45) is 0 Å². The molecule has 1 atom stereocenters. The van der Waals surface area contributed by atoms with E-state index in [2.05, 4.69) is 0 Å². The molecule has 2 aromatic carbocycles. The van der Waals surface area contributed by atoms with Gasteiger partial charge in [0.2, 0.25) is 6.79 Å². The van der Waals surface area contributed by atoms with Crippen LogP contribution in [0.3, 0.4) is 0 Å². The largest absolute Gasteiger partial charge is 0.507 e. The van der Waals surface area contributed by atoms with Gasteiger partial charge in [-0.15, -0.1) is 0 Å². The number of rotatable bonds is 4. The van der Waals surface area contributed by atoms with Crippen molar-refractivity contribution < 1.29 is 33.3 Å². The lowest BCUT2D eigenvalue weighted by Crippen LogP contribution is -2.29. The van der Waals surface area contributed by atoms with Crippen LogP contribution in [0.2, 0.25) is 5.02 Å². The second-order valence-electron chi connectivity index (χ2n) is 7.55. The average molecular weight is 468 g/mol. The second kappa shape index (κ2) is 7.90. The Hall–Kier alpha value is -3.91. The molecule has 0 aliphatic carbocycles. The van der Waals surface area contributed by atoms with E-state index < -0.39 is 23.5 Å². The minimum atomic E-state index is -1.02. The monoisotopic (exact) mass is 467 g/mol. The SMILES string of the molecule is COc1c(Cl)cc(C)cc1/C(O)=C1/C(=O)C(=O)N(c2ccc3c(c2)OCO3)C1c1ccco1. The summed E-state index contributed by atoms with van der Waals surface area (Å²) in [7, 11) is 1.41. The minimum Gasteiger partial charge on any atom is -0.507 e. The maximum atomic E-state index is 13.2. The van der Waals surface area contributed by atoms with Gasteiger partial charge in [0.15, 0.2) is 11.5 Å². The van der Waals surface area contributed by atoms with E-state index in [0.717, 1.165) is 5.56 Å². The van der Waals surface area contributed by atoms with E-state index in [-0.39, 0.29) is 28.7 Å². The zero-order chi connectivity index (χ0) is 23.3. The molecule has 33 heavy (non-hydrogen) atoms. The Morgan fingerprint density at radius 2 is 1.94 bits per heavy atom. The van der Waals surface area contributed by atoms with Crippen molar-refractivity contribution in [3.8, 4) is 17.2 Å². The number of anilines is 1. The number of methoxy groups -OCH3 is 1. The predicted molar refractivity (Wildman–Crippen MR) is 119 cm³/mol.